The number of hydrogen-bond donors (Lipinski definition) is 0. The molecule has 0 unspecified atom stereocenters. The van der Waals surface area contributed by atoms with E-state index in [2.05, 4.69) is 27.5 Å². The van der Waals surface area contributed by atoms with Gasteiger partial charge in [0.05, 0.1) is 22.6 Å². The zero-order chi connectivity index (χ0) is 14.3. The summed E-state index contributed by atoms with van der Waals surface area (Å²) in [5.74, 6) is 2.75. The van der Waals surface area contributed by atoms with Crippen molar-refractivity contribution in [2.75, 3.05) is 0 Å². The number of benzene rings is 1. The zero-order valence-electron chi connectivity index (χ0n) is 11.8. The van der Waals surface area contributed by atoms with Gasteiger partial charge in [-0.15, -0.1) is 11.6 Å². The molecule has 0 saturated carbocycles. The lowest BCUT2D eigenvalue weighted by molar-refractivity contribution is 0.457. The van der Waals surface area contributed by atoms with Crippen LogP contribution >= 0.6 is 11.6 Å². The van der Waals surface area contributed by atoms with Gasteiger partial charge in [-0.25, -0.2) is 9.97 Å². The highest BCUT2D eigenvalue weighted by atomic mass is 35.5. The fraction of sp³-hybridized carbons (Fsp3) is 0.333. The second kappa shape index (κ2) is 4.94. The number of oxazole rings is 1. The van der Waals surface area contributed by atoms with Gasteiger partial charge in [0.2, 0.25) is 5.89 Å². The fourth-order valence-corrected chi connectivity index (χ4v) is 2.63. The second-order valence-electron chi connectivity index (χ2n) is 4.94. The van der Waals surface area contributed by atoms with Gasteiger partial charge in [0, 0.05) is 0 Å². The number of hydrogen-bond acceptors (Lipinski definition) is 3. The average Bonchev–Trinajstić information content (AvgIpc) is 2.92. The molecular formula is C15H16ClN3O. The van der Waals surface area contributed by atoms with Gasteiger partial charge in [-0.1, -0.05) is 12.1 Å². The van der Waals surface area contributed by atoms with Crippen molar-refractivity contribution in [1.82, 2.24) is 14.5 Å². The maximum atomic E-state index is 6.02. The van der Waals surface area contributed by atoms with Crippen LogP contribution in [0.3, 0.4) is 0 Å². The van der Waals surface area contributed by atoms with Gasteiger partial charge >= 0.3 is 0 Å². The van der Waals surface area contributed by atoms with Crippen molar-refractivity contribution >= 4 is 22.6 Å². The van der Waals surface area contributed by atoms with E-state index in [0.29, 0.717) is 18.3 Å². The third-order valence-corrected chi connectivity index (χ3v) is 3.77. The Hall–Kier alpha value is -1.81. The Morgan fingerprint density at radius 2 is 2.00 bits per heavy atom. The van der Waals surface area contributed by atoms with E-state index in [1.165, 1.54) is 5.56 Å². The highest BCUT2D eigenvalue weighted by Gasteiger charge is 2.15. The third kappa shape index (κ3) is 2.10. The smallest absolute Gasteiger partial charge is 0.214 e. The van der Waals surface area contributed by atoms with E-state index in [-0.39, 0.29) is 0 Å². The molecule has 3 rings (SSSR count). The molecule has 0 radical (unpaired) electrons. The van der Waals surface area contributed by atoms with E-state index in [1.54, 1.807) is 0 Å². The number of rotatable bonds is 3. The van der Waals surface area contributed by atoms with E-state index in [0.717, 1.165) is 28.3 Å². The number of imidazole rings is 1. The van der Waals surface area contributed by atoms with Crippen LogP contribution in [0.4, 0.5) is 0 Å². The second-order valence-corrected chi connectivity index (χ2v) is 5.21. The maximum Gasteiger partial charge on any atom is 0.214 e. The lowest BCUT2D eigenvalue weighted by atomic mass is 10.2. The van der Waals surface area contributed by atoms with Crippen LogP contribution in [0.1, 0.15) is 28.7 Å². The molecule has 5 heteroatoms. The molecule has 0 aliphatic carbocycles. The number of aryl methyl sites for hydroxylation is 3. The first-order chi connectivity index (χ1) is 9.60. The van der Waals surface area contributed by atoms with Crippen molar-refractivity contribution in [3.8, 4) is 0 Å². The number of halogens is 1. The molecule has 0 fully saturated rings. The molecule has 0 atom stereocenters. The summed E-state index contributed by atoms with van der Waals surface area (Å²) < 4.78 is 7.76. The summed E-state index contributed by atoms with van der Waals surface area (Å²) >= 11 is 6.02. The number of fused-ring (bicyclic) bond motifs is 1. The van der Waals surface area contributed by atoms with Crippen LogP contribution in [-0.4, -0.2) is 14.5 Å². The number of para-hydroxylation sites is 1. The molecule has 2 heterocycles. The summed E-state index contributed by atoms with van der Waals surface area (Å²) in [6, 6.07) is 6.08. The lowest BCUT2D eigenvalue weighted by Crippen LogP contribution is -2.05. The van der Waals surface area contributed by atoms with E-state index in [9.17, 15) is 0 Å². The van der Waals surface area contributed by atoms with Crippen LogP contribution in [0.2, 0.25) is 0 Å². The molecular weight excluding hydrogens is 274 g/mol. The summed E-state index contributed by atoms with van der Waals surface area (Å²) in [6.45, 7) is 6.50. The van der Waals surface area contributed by atoms with Gasteiger partial charge in [0.25, 0.3) is 0 Å². The summed E-state index contributed by atoms with van der Waals surface area (Å²) in [7, 11) is 0. The van der Waals surface area contributed by atoms with Gasteiger partial charge in [0.1, 0.15) is 18.1 Å². The predicted molar refractivity (Wildman–Crippen MR) is 79.1 cm³/mol. The zero-order valence-corrected chi connectivity index (χ0v) is 12.5. The summed E-state index contributed by atoms with van der Waals surface area (Å²) in [5, 5.41) is 0. The average molecular weight is 290 g/mol. The molecule has 20 heavy (non-hydrogen) atoms. The highest BCUT2D eigenvalue weighted by Crippen LogP contribution is 2.22. The predicted octanol–water partition coefficient (Wildman–Crippen LogP) is 3.74. The Balaban J connectivity index is 2.14. The number of aromatic nitrogens is 3. The first-order valence-corrected chi connectivity index (χ1v) is 7.07. The topological polar surface area (TPSA) is 43.9 Å². The van der Waals surface area contributed by atoms with Crippen LogP contribution < -0.4 is 0 Å². The fourth-order valence-electron chi connectivity index (χ4n) is 2.43. The molecule has 4 nitrogen and oxygen atoms in total. The molecule has 3 aromatic rings. The van der Waals surface area contributed by atoms with Crippen LogP contribution in [-0.2, 0) is 12.4 Å². The van der Waals surface area contributed by atoms with Crippen LogP contribution in [0.5, 0.6) is 0 Å². The molecule has 0 saturated heterocycles. The lowest BCUT2D eigenvalue weighted by Gasteiger charge is -2.06. The number of alkyl halides is 1. The van der Waals surface area contributed by atoms with Gasteiger partial charge in [-0.05, 0) is 32.4 Å². The minimum atomic E-state index is 0.368. The summed E-state index contributed by atoms with van der Waals surface area (Å²) in [6.07, 6.45) is 0. The third-order valence-electron chi connectivity index (χ3n) is 3.53. The molecule has 1 aromatic carbocycles. The molecule has 0 amide bonds. The van der Waals surface area contributed by atoms with Crippen LogP contribution in [0.25, 0.3) is 11.0 Å². The Labute approximate surface area is 122 Å². The molecule has 2 aromatic heterocycles. The van der Waals surface area contributed by atoms with Crippen LogP contribution in [0, 0.1) is 20.8 Å². The van der Waals surface area contributed by atoms with Gasteiger partial charge < -0.3 is 8.98 Å². The molecule has 0 aliphatic rings. The quantitative estimate of drug-likeness (QED) is 0.690. The van der Waals surface area contributed by atoms with Crippen molar-refractivity contribution in [3.63, 3.8) is 0 Å². The molecule has 0 aliphatic heterocycles. The number of nitrogens with zero attached hydrogens (tertiary/aromatic N) is 3. The Bertz CT molecular complexity index is 753. The normalized spacial score (nSPS) is 11.4. The maximum absolute atomic E-state index is 6.02. The monoisotopic (exact) mass is 289 g/mol. The van der Waals surface area contributed by atoms with E-state index in [1.807, 2.05) is 26.0 Å². The van der Waals surface area contributed by atoms with Crippen molar-refractivity contribution < 1.29 is 4.42 Å². The van der Waals surface area contributed by atoms with Gasteiger partial charge in [0.15, 0.2) is 0 Å². The molecule has 0 spiro atoms. The van der Waals surface area contributed by atoms with Gasteiger partial charge in [-0.3, -0.25) is 0 Å². The Kier molecular flexibility index (Phi) is 3.26. The minimum Gasteiger partial charge on any atom is -0.444 e. The van der Waals surface area contributed by atoms with Gasteiger partial charge in [-0.2, -0.15) is 0 Å². The first kappa shape index (κ1) is 13.2. The van der Waals surface area contributed by atoms with Crippen molar-refractivity contribution in [1.29, 1.82) is 0 Å². The highest BCUT2D eigenvalue weighted by molar-refractivity contribution is 6.16. The standard InChI is InChI=1S/C15H16ClN3O/c1-9-5-4-6-12-15(9)19(13(7-16)18-12)8-14-17-10(2)11(3)20-14/h4-6H,7-8H2,1-3H3. The summed E-state index contributed by atoms with van der Waals surface area (Å²) in [5.41, 5.74) is 4.15. The largest absolute Gasteiger partial charge is 0.444 e. The minimum absolute atomic E-state index is 0.368. The van der Waals surface area contributed by atoms with E-state index < -0.39 is 0 Å². The van der Waals surface area contributed by atoms with Crippen molar-refractivity contribution in [3.05, 3.63) is 46.9 Å². The Morgan fingerprint density at radius 3 is 2.65 bits per heavy atom. The first-order valence-electron chi connectivity index (χ1n) is 6.53. The Morgan fingerprint density at radius 1 is 1.20 bits per heavy atom. The SMILES string of the molecule is Cc1nc(Cn2c(CCl)nc3cccc(C)c32)oc1C. The van der Waals surface area contributed by atoms with E-state index >= 15 is 0 Å². The molecule has 0 bridgehead atoms. The van der Waals surface area contributed by atoms with Crippen molar-refractivity contribution in [2.45, 2.75) is 33.2 Å². The van der Waals surface area contributed by atoms with Crippen molar-refractivity contribution in [2.24, 2.45) is 0 Å². The van der Waals surface area contributed by atoms with Crippen LogP contribution in [0.15, 0.2) is 22.6 Å². The molecule has 104 valence electrons. The summed E-state index contributed by atoms with van der Waals surface area (Å²) in [4.78, 5) is 9.02. The van der Waals surface area contributed by atoms with E-state index in [4.69, 9.17) is 16.0 Å². The molecule has 0 N–H and O–H groups in total.